The molecule has 9 nitrogen and oxygen atoms in total. The molecule has 0 radical (unpaired) electrons. The van der Waals surface area contributed by atoms with Gasteiger partial charge in [0.1, 0.15) is 11.4 Å². The summed E-state index contributed by atoms with van der Waals surface area (Å²) in [7, 11) is 1.68. The third-order valence-corrected chi connectivity index (χ3v) is 8.06. The van der Waals surface area contributed by atoms with Gasteiger partial charge < -0.3 is 29.0 Å². The fourth-order valence-corrected chi connectivity index (χ4v) is 6.22. The molecule has 3 aliphatic rings. The molecule has 1 N–H and O–H groups in total. The van der Waals surface area contributed by atoms with Crippen LogP contribution >= 0.6 is 0 Å². The van der Waals surface area contributed by atoms with Crippen molar-refractivity contribution in [2.75, 3.05) is 59.6 Å². The van der Waals surface area contributed by atoms with Crippen molar-refractivity contribution >= 4 is 22.9 Å². The van der Waals surface area contributed by atoms with Gasteiger partial charge in [0.05, 0.1) is 26.4 Å². The fraction of sp³-hybridized carbons (Fsp3) is 0.643. The largest absolute Gasteiger partial charge is 0.497 e. The van der Waals surface area contributed by atoms with Gasteiger partial charge in [-0.1, -0.05) is 0 Å². The summed E-state index contributed by atoms with van der Waals surface area (Å²) in [5.41, 5.74) is 2.66. The average molecular weight is 513 g/mol. The molecule has 0 bridgehead atoms. The molecule has 37 heavy (non-hydrogen) atoms. The Bertz CT molecular complexity index is 1160. The first kappa shape index (κ1) is 25.9. The highest BCUT2D eigenvalue weighted by atomic mass is 16.6. The van der Waals surface area contributed by atoms with Crippen molar-refractivity contribution in [3.8, 4) is 5.75 Å². The number of methoxy groups -OCH3 is 1. The number of aromatic nitrogens is 1. The molecule has 1 aromatic carbocycles. The van der Waals surface area contributed by atoms with Gasteiger partial charge in [0.25, 0.3) is 0 Å². The highest BCUT2D eigenvalue weighted by molar-refractivity contribution is 5.88. The first-order valence-electron chi connectivity index (χ1n) is 13.4. The number of carbonyl (C=O) groups excluding carboxylic acids is 2. The minimum absolute atomic E-state index is 0.0708. The average Bonchev–Trinajstić information content (AvgIpc) is 3.25. The maximum Gasteiger partial charge on any atom is 0.410 e. The summed E-state index contributed by atoms with van der Waals surface area (Å²) in [5.74, 6) is 0.877. The molecular weight excluding hydrogens is 472 g/mol. The quantitative estimate of drug-likeness (QED) is 0.675. The number of morpholine rings is 1. The van der Waals surface area contributed by atoms with Crippen LogP contribution in [0.25, 0.3) is 10.9 Å². The summed E-state index contributed by atoms with van der Waals surface area (Å²) in [4.78, 5) is 35.9. The minimum atomic E-state index is -0.529. The Balaban J connectivity index is 1.53. The summed E-state index contributed by atoms with van der Waals surface area (Å²) < 4.78 is 16.7. The van der Waals surface area contributed by atoms with Crippen LogP contribution in [-0.4, -0.2) is 96.9 Å². The van der Waals surface area contributed by atoms with Crippen LogP contribution in [0.5, 0.6) is 5.75 Å². The SMILES string of the molecule is COc1ccc2c3c([nH]c2c1)C(CN1CCOCC1)N(C(C)=O)CC31CCN(C(=O)OC(C)(C)C)CC1. The molecule has 2 aromatic rings. The number of fused-ring (bicyclic) bond motifs is 4. The third-order valence-electron chi connectivity index (χ3n) is 8.06. The lowest BCUT2D eigenvalue weighted by Crippen LogP contribution is -2.57. The van der Waals surface area contributed by atoms with Crippen molar-refractivity contribution in [1.29, 1.82) is 0 Å². The Hall–Kier alpha value is -2.78. The lowest BCUT2D eigenvalue weighted by atomic mass is 9.68. The number of amides is 2. The normalized spacial score (nSPS) is 22.2. The molecule has 3 aliphatic heterocycles. The number of nitrogens with zero attached hydrogens (tertiary/aromatic N) is 3. The lowest BCUT2D eigenvalue weighted by Gasteiger charge is -2.51. The number of H-pyrrole nitrogens is 1. The number of hydrogen-bond acceptors (Lipinski definition) is 6. The summed E-state index contributed by atoms with van der Waals surface area (Å²) >= 11 is 0. The number of carbonyl (C=O) groups is 2. The molecule has 9 heteroatoms. The third kappa shape index (κ3) is 5.03. The van der Waals surface area contributed by atoms with E-state index in [4.69, 9.17) is 14.2 Å². The molecule has 1 atom stereocenters. The Morgan fingerprint density at radius 2 is 1.84 bits per heavy atom. The number of rotatable bonds is 3. The number of piperidine rings is 1. The van der Waals surface area contributed by atoms with Gasteiger partial charge in [0.15, 0.2) is 0 Å². The zero-order valence-electron chi connectivity index (χ0n) is 22.8. The fourth-order valence-electron chi connectivity index (χ4n) is 6.22. The molecule has 5 rings (SSSR count). The molecule has 0 aliphatic carbocycles. The van der Waals surface area contributed by atoms with Crippen molar-refractivity contribution in [1.82, 2.24) is 19.7 Å². The number of likely N-dealkylation sites (tertiary alicyclic amines) is 1. The van der Waals surface area contributed by atoms with Gasteiger partial charge in [-0.15, -0.1) is 0 Å². The number of nitrogens with one attached hydrogen (secondary N) is 1. The van der Waals surface area contributed by atoms with Crippen molar-refractivity contribution in [3.05, 3.63) is 29.5 Å². The van der Waals surface area contributed by atoms with Gasteiger partial charge in [-0.25, -0.2) is 4.79 Å². The Morgan fingerprint density at radius 3 is 2.46 bits per heavy atom. The lowest BCUT2D eigenvalue weighted by molar-refractivity contribution is -0.134. The van der Waals surface area contributed by atoms with Crippen LogP contribution < -0.4 is 4.74 Å². The van der Waals surface area contributed by atoms with E-state index < -0.39 is 5.60 Å². The van der Waals surface area contributed by atoms with E-state index in [-0.39, 0.29) is 23.5 Å². The minimum Gasteiger partial charge on any atom is -0.497 e. The Morgan fingerprint density at radius 1 is 1.14 bits per heavy atom. The highest BCUT2D eigenvalue weighted by Gasteiger charge is 2.49. The molecule has 2 amide bonds. The summed E-state index contributed by atoms with van der Waals surface area (Å²) in [6, 6.07) is 6.12. The highest BCUT2D eigenvalue weighted by Crippen LogP contribution is 2.49. The summed E-state index contributed by atoms with van der Waals surface area (Å²) in [6.07, 6.45) is 1.27. The molecule has 1 unspecified atom stereocenters. The van der Waals surface area contributed by atoms with E-state index in [9.17, 15) is 9.59 Å². The van der Waals surface area contributed by atoms with Crippen LogP contribution in [0.15, 0.2) is 18.2 Å². The van der Waals surface area contributed by atoms with Crippen molar-refractivity contribution in [2.45, 2.75) is 57.6 Å². The summed E-state index contributed by atoms with van der Waals surface area (Å²) in [5, 5.41) is 1.18. The number of ether oxygens (including phenoxy) is 3. The van der Waals surface area contributed by atoms with Crippen LogP contribution in [-0.2, 0) is 19.7 Å². The van der Waals surface area contributed by atoms with Gasteiger partial charge in [-0.05, 0) is 51.3 Å². The molecule has 0 saturated carbocycles. The van der Waals surface area contributed by atoms with Gasteiger partial charge in [0, 0.05) is 74.3 Å². The van der Waals surface area contributed by atoms with E-state index in [0.717, 1.165) is 49.4 Å². The molecule has 4 heterocycles. The smallest absolute Gasteiger partial charge is 0.410 e. The van der Waals surface area contributed by atoms with Gasteiger partial charge in [-0.3, -0.25) is 9.69 Å². The Labute approximate surface area is 219 Å². The molecule has 2 fully saturated rings. The van der Waals surface area contributed by atoms with E-state index in [1.807, 2.05) is 42.7 Å². The maximum absolute atomic E-state index is 13.1. The molecular formula is C28H40N4O5. The Kier molecular flexibility index (Phi) is 6.87. The van der Waals surface area contributed by atoms with Crippen molar-refractivity contribution < 1.29 is 23.8 Å². The number of benzene rings is 1. The predicted molar refractivity (Wildman–Crippen MR) is 141 cm³/mol. The molecule has 2 saturated heterocycles. The number of hydrogen-bond donors (Lipinski definition) is 1. The molecule has 1 aromatic heterocycles. The van der Waals surface area contributed by atoms with Crippen LogP contribution in [0.2, 0.25) is 0 Å². The molecule has 202 valence electrons. The van der Waals surface area contributed by atoms with E-state index >= 15 is 0 Å². The van der Waals surface area contributed by atoms with E-state index in [0.29, 0.717) is 32.8 Å². The predicted octanol–water partition coefficient (Wildman–Crippen LogP) is 3.68. The monoisotopic (exact) mass is 512 g/mol. The zero-order chi connectivity index (χ0) is 26.4. The zero-order valence-corrected chi connectivity index (χ0v) is 22.8. The first-order valence-corrected chi connectivity index (χ1v) is 13.4. The van der Waals surface area contributed by atoms with Crippen molar-refractivity contribution in [2.24, 2.45) is 0 Å². The first-order chi connectivity index (χ1) is 17.6. The van der Waals surface area contributed by atoms with Crippen LogP contribution in [0.4, 0.5) is 4.79 Å². The van der Waals surface area contributed by atoms with E-state index in [1.165, 1.54) is 10.9 Å². The van der Waals surface area contributed by atoms with Crippen LogP contribution in [0.3, 0.4) is 0 Å². The second kappa shape index (κ2) is 9.83. The summed E-state index contributed by atoms with van der Waals surface area (Å²) in [6.45, 7) is 13.1. The number of aromatic amines is 1. The maximum atomic E-state index is 13.1. The van der Waals surface area contributed by atoms with Crippen molar-refractivity contribution in [3.63, 3.8) is 0 Å². The second-order valence-electron chi connectivity index (χ2n) is 11.6. The van der Waals surface area contributed by atoms with Gasteiger partial charge in [-0.2, -0.15) is 0 Å². The standard InChI is InChI=1S/C28H40N4O5/c1-19(33)32-18-28(8-10-31(11-9-28)26(34)37-27(2,3)4)24-21-7-6-20(35-5)16-22(21)29-25(24)23(32)17-30-12-14-36-15-13-30/h6-7,16,23,29H,8-15,17-18H2,1-5H3. The van der Waals surface area contributed by atoms with Crippen LogP contribution in [0.1, 0.15) is 57.8 Å². The van der Waals surface area contributed by atoms with Crippen LogP contribution in [0, 0.1) is 0 Å². The van der Waals surface area contributed by atoms with E-state index in [2.05, 4.69) is 16.0 Å². The molecule has 1 spiro atoms. The van der Waals surface area contributed by atoms with Gasteiger partial charge in [0.2, 0.25) is 5.91 Å². The van der Waals surface area contributed by atoms with E-state index in [1.54, 1.807) is 14.0 Å². The topological polar surface area (TPSA) is 87.3 Å². The van der Waals surface area contributed by atoms with Gasteiger partial charge >= 0.3 is 6.09 Å². The second-order valence-corrected chi connectivity index (χ2v) is 11.6.